The second-order valence-corrected chi connectivity index (χ2v) is 7.44. The minimum Gasteiger partial charge on any atom is -0.481 e. The van der Waals surface area contributed by atoms with Gasteiger partial charge in [-0.1, -0.05) is 95.0 Å². The fourth-order valence-corrected chi connectivity index (χ4v) is 3.39. The lowest BCUT2D eigenvalue weighted by atomic mass is 10.1. The molecule has 0 aliphatic carbocycles. The summed E-state index contributed by atoms with van der Waals surface area (Å²) in [5.74, 6) is -0.691. The number of benzene rings is 1. The highest BCUT2D eigenvalue weighted by Gasteiger charge is 2.07. The number of carboxylic acids is 1. The standard InChI is InChI=1S/C23H39NO2.ClH/c1-2-3-4-5-6-7-8-9-10-14-19-24(20-15-18-23(25)26)21-22-16-12-11-13-17-22;/h11-13,16-17H,2-10,14-15,18-21H2,1H3,(H,25,26);1H. The van der Waals surface area contributed by atoms with Gasteiger partial charge in [0.2, 0.25) is 0 Å². The molecule has 0 bridgehead atoms. The minimum absolute atomic E-state index is 0. The van der Waals surface area contributed by atoms with Crippen molar-refractivity contribution in [3.8, 4) is 0 Å². The Kier molecular flexibility index (Phi) is 17.6. The molecule has 0 unspecified atom stereocenters. The normalized spacial score (nSPS) is 10.7. The van der Waals surface area contributed by atoms with Gasteiger partial charge in [-0.15, -0.1) is 12.4 Å². The van der Waals surface area contributed by atoms with E-state index < -0.39 is 5.97 Å². The molecule has 156 valence electrons. The third kappa shape index (κ3) is 15.7. The average Bonchev–Trinajstić information content (AvgIpc) is 2.63. The molecule has 0 amide bonds. The molecule has 0 aromatic heterocycles. The largest absolute Gasteiger partial charge is 0.481 e. The van der Waals surface area contributed by atoms with E-state index in [2.05, 4.69) is 36.1 Å². The molecule has 1 rings (SSSR count). The quantitative estimate of drug-likeness (QED) is 0.297. The van der Waals surface area contributed by atoms with Gasteiger partial charge in [-0.25, -0.2) is 0 Å². The van der Waals surface area contributed by atoms with Crippen LogP contribution in [0.15, 0.2) is 30.3 Å². The third-order valence-corrected chi connectivity index (χ3v) is 4.94. The Bertz CT molecular complexity index is 453. The van der Waals surface area contributed by atoms with Gasteiger partial charge in [-0.05, 0) is 31.5 Å². The number of rotatable bonds is 17. The first-order valence-corrected chi connectivity index (χ1v) is 10.7. The Hall–Kier alpha value is -1.06. The number of nitrogens with zero attached hydrogens (tertiary/aromatic N) is 1. The summed E-state index contributed by atoms with van der Waals surface area (Å²) >= 11 is 0. The summed E-state index contributed by atoms with van der Waals surface area (Å²) < 4.78 is 0. The molecule has 0 saturated carbocycles. The molecular formula is C23H40ClNO2. The van der Waals surface area contributed by atoms with Gasteiger partial charge in [0.1, 0.15) is 0 Å². The fourth-order valence-electron chi connectivity index (χ4n) is 3.39. The van der Waals surface area contributed by atoms with Crippen molar-refractivity contribution in [1.82, 2.24) is 4.90 Å². The molecule has 1 aromatic rings. The predicted octanol–water partition coefficient (Wildman–Crippen LogP) is 6.70. The topological polar surface area (TPSA) is 40.5 Å². The highest BCUT2D eigenvalue weighted by atomic mass is 35.5. The van der Waals surface area contributed by atoms with Crippen LogP contribution in [0.3, 0.4) is 0 Å². The van der Waals surface area contributed by atoms with Gasteiger partial charge in [0.25, 0.3) is 0 Å². The lowest BCUT2D eigenvalue weighted by molar-refractivity contribution is -0.137. The Morgan fingerprint density at radius 2 is 1.33 bits per heavy atom. The average molecular weight is 398 g/mol. The van der Waals surface area contributed by atoms with E-state index in [1.165, 1.54) is 69.8 Å². The van der Waals surface area contributed by atoms with Crippen molar-refractivity contribution in [1.29, 1.82) is 0 Å². The smallest absolute Gasteiger partial charge is 0.303 e. The number of halogens is 1. The first kappa shape index (κ1) is 25.9. The van der Waals surface area contributed by atoms with Crippen LogP contribution in [0.1, 0.15) is 89.5 Å². The van der Waals surface area contributed by atoms with Crippen molar-refractivity contribution in [2.75, 3.05) is 13.1 Å². The summed E-state index contributed by atoms with van der Waals surface area (Å²) in [6.07, 6.45) is 14.5. The molecule has 0 saturated heterocycles. The van der Waals surface area contributed by atoms with Crippen LogP contribution in [0.25, 0.3) is 0 Å². The zero-order chi connectivity index (χ0) is 18.9. The Balaban J connectivity index is 0.00000676. The second kappa shape index (κ2) is 18.3. The van der Waals surface area contributed by atoms with Crippen LogP contribution in [0.2, 0.25) is 0 Å². The highest BCUT2D eigenvalue weighted by molar-refractivity contribution is 5.85. The Labute approximate surface area is 173 Å². The number of unbranched alkanes of at least 4 members (excludes halogenated alkanes) is 9. The van der Waals surface area contributed by atoms with Crippen molar-refractivity contribution in [2.24, 2.45) is 0 Å². The van der Waals surface area contributed by atoms with Crippen molar-refractivity contribution >= 4 is 18.4 Å². The zero-order valence-electron chi connectivity index (χ0n) is 17.2. The molecule has 1 N–H and O–H groups in total. The highest BCUT2D eigenvalue weighted by Crippen LogP contribution is 2.12. The van der Waals surface area contributed by atoms with Crippen molar-refractivity contribution in [2.45, 2.75) is 90.5 Å². The minimum atomic E-state index is -0.691. The molecule has 27 heavy (non-hydrogen) atoms. The summed E-state index contributed by atoms with van der Waals surface area (Å²) in [7, 11) is 0. The van der Waals surface area contributed by atoms with Crippen LogP contribution in [0, 0.1) is 0 Å². The van der Waals surface area contributed by atoms with Crippen molar-refractivity contribution < 1.29 is 9.90 Å². The van der Waals surface area contributed by atoms with Crippen LogP contribution >= 0.6 is 12.4 Å². The molecule has 0 aliphatic heterocycles. The molecule has 0 spiro atoms. The van der Waals surface area contributed by atoms with E-state index in [-0.39, 0.29) is 18.8 Å². The van der Waals surface area contributed by atoms with E-state index in [0.29, 0.717) is 0 Å². The number of aliphatic carboxylic acids is 1. The molecule has 1 aromatic carbocycles. The maximum absolute atomic E-state index is 10.8. The van der Waals surface area contributed by atoms with Gasteiger partial charge >= 0.3 is 5.97 Å². The summed E-state index contributed by atoms with van der Waals surface area (Å²) in [5, 5.41) is 8.86. The lowest BCUT2D eigenvalue weighted by Gasteiger charge is -2.22. The summed E-state index contributed by atoms with van der Waals surface area (Å²) in [5.41, 5.74) is 1.31. The number of hydrogen-bond donors (Lipinski definition) is 1. The van der Waals surface area contributed by atoms with E-state index >= 15 is 0 Å². The summed E-state index contributed by atoms with van der Waals surface area (Å²) in [6.45, 7) is 5.14. The summed E-state index contributed by atoms with van der Waals surface area (Å²) in [6, 6.07) is 10.5. The maximum atomic E-state index is 10.8. The third-order valence-electron chi connectivity index (χ3n) is 4.94. The summed E-state index contributed by atoms with van der Waals surface area (Å²) in [4.78, 5) is 13.2. The van der Waals surface area contributed by atoms with Crippen LogP contribution in [0.5, 0.6) is 0 Å². The van der Waals surface area contributed by atoms with Crippen LogP contribution in [-0.2, 0) is 11.3 Å². The van der Waals surface area contributed by atoms with Gasteiger partial charge in [0.15, 0.2) is 0 Å². The predicted molar refractivity (Wildman–Crippen MR) is 118 cm³/mol. The molecule has 0 radical (unpaired) electrons. The molecule has 3 nitrogen and oxygen atoms in total. The number of carbonyl (C=O) groups is 1. The maximum Gasteiger partial charge on any atom is 0.303 e. The Morgan fingerprint density at radius 3 is 1.89 bits per heavy atom. The van der Waals surface area contributed by atoms with Crippen molar-refractivity contribution in [3.63, 3.8) is 0 Å². The first-order chi connectivity index (χ1) is 12.7. The molecule has 0 atom stereocenters. The molecule has 0 aliphatic rings. The molecule has 0 heterocycles. The van der Waals surface area contributed by atoms with Gasteiger partial charge in [0.05, 0.1) is 0 Å². The SMILES string of the molecule is CCCCCCCCCCCCN(CCCC(=O)O)Cc1ccccc1.Cl. The fraction of sp³-hybridized carbons (Fsp3) is 0.696. The number of carboxylic acid groups (broad SMARTS) is 1. The van der Waals surface area contributed by atoms with E-state index in [0.717, 1.165) is 26.1 Å². The van der Waals surface area contributed by atoms with E-state index in [4.69, 9.17) is 5.11 Å². The van der Waals surface area contributed by atoms with Gasteiger partial charge in [-0.3, -0.25) is 9.69 Å². The lowest BCUT2D eigenvalue weighted by Crippen LogP contribution is -2.26. The van der Waals surface area contributed by atoms with Crippen LogP contribution in [0.4, 0.5) is 0 Å². The Morgan fingerprint density at radius 1 is 0.815 bits per heavy atom. The van der Waals surface area contributed by atoms with E-state index in [1.54, 1.807) is 0 Å². The van der Waals surface area contributed by atoms with E-state index in [1.807, 2.05) is 6.07 Å². The number of hydrogen-bond acceptors (Lipinski definition) is 2. The monoisotopic (exact) mass is 397 g/mol. The molecule has 4 heteroatoms. The van der Waals surface area contributed by atoms with Crippen molar-refractivity contribution in [3.05, 3.63) is 35.9 Å². The van der Waals surface area contributed by atoms with Gasteiger partial charge in [0, 0.05) is 13.0 Å². The van der Waals surface area contributed by atoms with Crippen LogP contribution < -0.4 is 0 Å². The molecule has 0 fully saturated rings. The second-order valence-electron chi connectivity index (χ2n) is 7.44. The van der Waals surface area contributed by atoms with Gasteiger partial charge in [-0.2, -0.15) is 0 Å². The zero-order valence-corrected chi connectivity index (χ0v) is 18.0. The first-order valence-electron chi connectivity index (χ1n) is 10.7. The molecular weight excluding hydrogens is 358 g/mol. The van der Waals surface area contributed by atoms with Gasteiger partial charge < -0.3 is 5.11 Å². The van der Waals surface area contributed by atoms with E-state index in [9.17, 15) is 4.79 Å². The van der Waals surface area contributed by atoms with Crippen LogP contribution in [-0.4, -0.2) is 29.1 Å².